The second-order valence-electron chi connectivity index (χ2n) is 7.67. The number of nitrogens with zero attached hydrogens (tertiary/aromatic N) is 3. The molecule has 3 aromatic rings. The Hall–Kier alpha value is -3.00. The number of likely N-dealkylation sites (tertiary alicyclic amines) is 1. The SMILES string of the molecule is CCOC(=O)c1c[nH]n2c(=O)cc(CN3CCC(Cc4ccccc4F)CC3)nc12. The van der Waals surface area contributed by atoms with Crippen LogP contribution < -0.4 is 5.56 Å². The molecule has 2 aromatic heterocycles. The molecule has 1 fully saturated rings. The fourth-order valence-corrected chi connectivity index (χ4v) is 4.02. The maximum atomic E-state index is 13.9. The maximum absolute atomic E-state index is 13.9. The van der Waals surface area contributed by atoms with Crippen molar-refractivity contribution in [2.45, 2.75) is 32.7 Å². The lowest BCUT2D eigenvalue weighted by molar-refractivity contribution is 0.0528. The van der Waals surface area contributed by atoms with Gasteiger partial charge in [-0.25, -0.2) is 18.7 Å². The quantitative estimate of drug-likeness (QED) is 0.630. The lowest BCUT2D eigenvalue weighted by atomic mass is 9.90. The van der Waals surface area contributed by atoms with Gasteiger partial charge in [-0.1, -0.05) is 18.2 Å². The van der Waals surface area contributed by atoms with Crippen LogP contribution in [0.4, 0.5) is 4.39 Å². The number of ether oxygens (including phenoxy) is 1. The maximum Gasteiger partial charge on any atom is 0.343 e. The summed E-state index contributed by atoms with van der Waals surface area (Å²) in [6, 6.07) is 8.44. The van der Waals surface area contributed by atoms with E-state index in [0.29, 0.717) is 18.2 Å². The summed E-state index contributed by atoms with van der Waals surface area (Å²) in [4.78, 5) is 31.3. The number of rotatable bonds is 6. The summed E-state index contributed by atoms with van der Waals surface area (Å²) in [5, 5.41) is 2.76. The number of hydrogen-bond donors (Lipinski definition) is 1. The molecule has 0 unspecified atom stereocenters. The van der Waals surface area contributed by atoms with Crippen LogP contribution in [0.25, 0.3) is 5.65 Å². The number of carbonyl (C=O) groups is 1. The van der Waals surface area contributed by atoms with Gasteiger partial charge in [0.05, 0.1) is 12.3 Å². The smallest absolute Gasteiger partial charge is 0.343 e. The largest absolute Gasteiger partial charge is 0.462 e. The predicted octanol–water partition coefficient (Wildman–Crippen LogP) is 2.79. The van der Waals surface area contributed by atoms with Crippen molar-refractivity contribution in [2.75, 3.05) is 19.7 Å². The number of nitrogens with one attached hydrogen (secondary N) is 1. The van der Waals surface area contributed by atoms with Gasteiger partial charge in [0.1, 0.15) is 11.4 Å². The van der Waals surface area contributed by atoms with Gasteiger partial charge < -0.3 is 4.74 Å². The molecule has 0 spiro atoms. The monoisotopic (exact) mass is 412 g/mol. The Morgan fingerprint density at radius 2 is 2.07 bits per heavy atom. The molecule has 0 saturated carbocycles. The van der Waals surface area contributed by atoms with E-state index in [0.717, 1.165) is 37.9 Å². The number of hydrogen-bond acceptors (Lipinski definition) is 5. The number of carbonyl (C=O) groups excluding carboxylic acids is 1. The number of aromatic nitrogens is 3. The van der Waals surface area contributed by atoms with Gasteiger partial charge in [0.15, 0.2) is 5.65 Å². The van der Waals surface area contributed by atoms with E-state index in [1.165, 1.54) is 22.8 Å². The van der Waals surface area contributed by atoms with Crippen LogP contribution in [-0.4, -0.2) is 45.2 Å². The summed E-state index contributed by atoms with van der Waals surface area (Å²) < 4.78 is 20.2. The molecule has 1 aliphatic heterocycles. The number of aromatic amines is 1. The van der Waals surface area contributed by atoms with Crippen molar-refractivity contribution in [2.24, 2.45) is 5.92 Å². The fraction of sp³-hybridized carbons (Fsp3) is 0.409. The van der Waals surface area contributed by atoms with Gasteiger partial charge in [-0.2, -0.15) is 0 Å². The molecule has 158 valence electrons. The average molecular weight is 412 g/mol. The average Bonchev–Trinajstić information content (AvgIpc) is 3.16. The van der Waals surface area contributed by atoms with Gasteiger partial charge >= 0.3 is 5.97 Å². The summed E-state index contributed by atoms with van der Waals surface area (Å²) in [6.45, 7) is 4.23. The minimum atomic E-state index is -0.505. The third-order valence-corrected chi connectivity index (χ3v) is 5.61. The molecule has 7 nitrogen and oxygen atoms in total. The van der Waals surface area contributed by atoms with Gasteiger partial charge in [-0.15, -0.1) is 0 Å². The second kappa shape index (κ2) is 8.79. The van der Waals surface area contributed by atoms with Gasteiger partial charge in [0.25, 0.3) is 5.56 Å². The van der Waals surface area contributed by atoms with E-state index in [1.54, 1.807) is 13.0 Å². The predicted molar refractivity (Wildman–Crippen MR) is 110 cm³/mol. The first-order valence-corrected chi connectivity index (χ1v) is 10.3. The summed E-state index contributed by atoms with van der Waals surface area (Å²) >= 11 is 0. The van der Waals surface area contributed by atoms with Gasteiger partial charge in [-0.05, 0) is 56.8 Å². The van der Waals surface area contributed by atoms with Crippen LogP contribution in [0.3, 0.4) is 0 Å². The molecule has 0 bridgehead atoms. The molecule has 3 heterocycles. The van der Waals surface area contributed by atoms with E-state index in [2.05, 4.69) is 15.0 Å². The topological polar surface area (TPSA) is 79.7 Å². The number of benzene rings is 1. The van der Waals surface area contributed by atoms with E-state index in [1.807, 2.05) is 12.1 Å². The molecule has 1 N–H and O–H groups in total. The van der Waals surface area contributed by atoms with Crippen LogP contribution in [-0.2, 0) is 17.7 Å². The first-order chi connectivity index (χ1) is 14.5. The van der Waals surface area contributed by atoms with Crippen molar-refractivity contribution in [3.63, 3.8) is 0 Å². The molecule has 4 rings (SSSR count). The van der Waals surface area contributed by atoms with Crippen molar-refractivity contribution < 1.29 is 13.9 Å². The molecule has 1 aliphatic rings. The first kappa shape index (κ1) is 20.3. The Morgan fingerprint density at radius 1 is 1.30 bits per heavy atom. The van der Waals surface area contributed by atoms with Crippen LogP contribution in [0.1, 0.15) is 41.4 Å². The number of H-pyrrole nitrogens is 1. The number of fused-ring (bicyclic) bond motifs is 1. The molecule has 1 saturated heterocycles. The van der Waals surface area contributed by atoms with Crippen LogP contribution in [0.2, 0.25) is 0 Å². The number of esters is 1. The van der Waals surface area contributed by atoms with Crippen molar-refractivity contribution >= 4 is 11.6 Å². The van der Waals surface area contributed by atoms with Gasteiger partial charge in [0.2, 0.25) is 0 Å². The normalized spacial score (nSPS) is 15.5. The van der Waals surface area contributed by atoms with E-state index in [9.17, 15) is 14.0 Å². The molecule has 1 aromatic carbocycles. The van der Waals surface area contributed by atoms with E-state index in [4.69, 9.17) is 4.74 Å². The zero-order valence-electron chi connectivity index (χ0n) is 16.9. The summed E-state index contributed by atoms with van der Waals surface area (Å²) in [6.07, 6.45) is 4.12. The summed E-state index contributed by atoms with van der Waals surface area (Å²) in [5.41, 5.74) is 1.66. The minimum absolute atomic E-state index is 0.137. The van der Waals surface area contributed by atoms with Crippen molar-refractivity contribution in [1.29, 1.82) is 0 Å². The zero-order valence-corrected chi connectivity index (χ0v) is 16.9. The highest BCUT2D eigenvalue weighted by Gasteiger charge is 2.22. The fourth-order valence-electron chi connectivity index (χ4n) is 4.02. The van der Waals surface area contributed by atoms with Crippen LogP contribution in [0, 0.1) is 11.7 Å². The Balaban J connectivity index is 1.42. The third-order valence-electron chi connectivity index (χ3n) is 5.61. The van der Waals surface area contributed by atoms with Crippen LogP contribution >= 0.6 is 0 Å². The van der Waals surface area contributed by atoms with E-state index < -0.39 is 5.97 Å². The van der Waals surface area contributed by atoms with Crippen molar-refractivity contribution in [3.05, 3.63) is 69.5 Å². The van der Waals surface area contributed by atoms with Crippen molar-refractivity contribution in [3.8, 4) is 0 Å². The van der Waals surface area contributed by atoms with Gasteiger partial charge in [-0.3, -0.25) is 14.8 Å². The summed E-state index contributed by atoms with van der Waals surface area (Å²) in [7, 11) is 0. The molecule has 30 heavy (non-hydrogen) atoms. The number of halogens is 1. The van der Waals surface area contributed by atoms with E-state index >= 15 is 0 Å². The lowest BCUT2D eigenvalue weighted by Gasteiger charge is -2.31. The lowest BCUT2D eigenvalue weighted by Crippen LogP contribution is -2.34. The molecule has 0 radical (unpaired) electrons. The van der Waals surface area contributed by atoms with Crippen LogP contribution in [0.5, 0.6) is 0 Å². The second-order valence-corrected chi connectivity index (χ2v) is 7.67. The Kier molecular flexibility index (Phi) is 5.94. The Morgan fingerprint density at radius 3 is 2.80 bits per heavy atom. The highest BCUT2D eigenvalue weighted by atomic mass is 19.1. The van der Waals surface area contributed by atoms with Crippen LogP contribution in [0.15, 0.2) is 41.3 Å². The molecule has 0 atom stereocenters. The Bertz CT molecular complexity index is 1100. The van der Waals surface area contributed by atoms with Gasteiger partial charge in [0, 0.05) is 18.8 Å². The minimum Gasteiger partial charge on any atom is -0.462 e. The summed E-state index contributed by atoms with van der Waals surface area (Å²) in [5.74, 6) is -0.199. The zero-order chi connectivity index (χ0) is 21.1. The molecule has 8 heteroatoms. The first-order valence-electron chi connectivity index (χ1n) is 10.3. The van der Waals surface area contributed by atoms with Crippen molar-refractivity contribution in [1.82, 2.24) is 19.5 Å². The molecule has 0 aliphatic carbocycles. The Labute approximate surface area is 173 Å². The number of piperidine rings is 1. The highest BCUT2D eigenvalue weighted by Crippen LogP contribution is 2.23. The third kappa shape index (κ3) is 4.28. The molecular weight excluding hydrogens is 387 g/mol. The molecular formula is C22H25FN4O3. The standard InChI is InChI=1S/C22H25FN4O3/c1-2-30-22(29)18-13-24-27-20(28)12-17(25-21(18)27)14-26-9-7-15(8-10-26)11-16-5-3-4-6-19(16)23/h3-6,12-13,15,24H,2,7-11,14H2,1H3. The molecule has 0 amide bonds. The highest BCUT2D eigenvalue weighted by molar-refractivity contribution is 5.95. The van der Waals surface area contributed by atoms with E-state index in [-0.39, 0.29) is 29.2 Å².